The predicted molar refractivity (Wildman–Crippen MR) is 111 cm³/mol. The molecule has 7 heteroatoms. The van der Waals surface area contributed by atoms with E-state index in [1.807, 2.05) is 24.3 Å². The number of ether oxygens (including phenoxy) is 2. The molecule has 0 spiro atoms. The smallest absolute Gasteiger partial charge is 0.360 e. The quantitative estimate of drug-likeness (QED) is 0.449. The molecule has 0 aliphatic carbocycles. The van der Waals surface area contributed by atoms with E-state index >= 15 is 0 Å². The molecule has 3 atom stereocenters. The van der Waals surface area contributed by atoms with Crippen LogP contribution in [0.2, 0.25) is 0 Å². The Hall–Kier alpha value is -2.64. The van der Waals surface area contributed by atoms with Crippen molar-refractivity contribution in [2.75, 3.05) is 19.0 Å². The number of carbonyl (C=O) groups excluding carboxylic acids is 1. The van der Waals surface area contributed by atoms with E-state index in [-0.39, 0.29) is 24.0 Å². The Bertz CT molecular complexity index is 1170. The van der Waals surface area contributed by atoms with Gasteiger partial charge in [-0.2, -0.15) is 0 Å². The topological polar surface area (TPSA) is 77.8 Å². The van der Waals surface area contributed by atoms with Crippen LogP contribution in [0.5, 0.6) is 0 Å². The summed E-state index contributed by atoms with van der Waals surface area (Å²) in [5, 5.41) is 4.28. The minimum atomic E-state index is -0.403. The van der Waals surface area contributed by atoms with Gasteiger partial charge < -0.3 is 19.2 Å². The molecule has 6 nitrogen and oxygen atoms in total. The van der Waals surface area contributed by atoms with Crippen molar-refractivity contribution >= 4 is 38.6 Å². The van der Waals surface area contributed by atoms with Crippen molar-refractivity contribution in [2.45, 2.75) is 18.6 Å². The molecule has 1 aromatic heterocycles. The van der Waals surface area contributed by atoms with Gasteiger partial charge in [0.25, 0.3) is 0 Å². The fourth-order valence-electron chi connectivity index (χ4n) is 4.41. The van der Waals surface area contributed by atoms with Crippen molar-refractivity contribution < 1.29 is 18.7 Å². The van der Waals surface area contributed by atoms with Gasteiger partial charge in [-0.15, -0.1) is 0 Å². The molecule has 148 valence electrons. The van der Waals surface area contributed by atoms with Gasteiger partial charge in [-0.05, 0) is 42.3 Å². The number of carbonyl (C=O) groups is 1. The molecule has 3 aromatic rings. The van der Waals surface area contributed by atoms with Crippen LogP contribution < -0.4 is 10.9 Å². The van der Waals surface area contributed by atoms with Crippen LogP contribution >= 0.6 is 15.9 Å². The second-order valence-corrected chi connectivity index (χ2v) is 8.21. The number of benzene rings is 2. The van der Waals surface area contributed by atoms with Gasteiger partial charge in [-0.1, -0.05) is 28.1 Å². The molecular formula is C22H18BrNO5. The normalized spacial score (nSPS) is 22.6. The van der Waals surface area contributed by atoms with Crippen LogP contribution in [0.1, 0.15) is 40.1 Å². The maximum Gasteiger partial charge on any atom is 0.360 e. The molecule has 29 heavy (non-hydrogen) atoms. The standard InChI is InChI=1S/C22H18BrNO5/c1-27-21(25)12-4-2-11(3-5-12)18-14-8-9-28-20(14)17-15-10-13(23)6-7-16(15)29-22(26)19(17)24-18/h2-7,10,14,18,20,24H,8-9H2,1H3/t14-,18+,20-/m0/s1. The number of hydrogen-bond acceptors (Lipinski definition) is 6. The highest BCUT2D eigenvalue weighted by atomic mass is 79.9. The Morgan fingerprint density at radius 3 is 2.76 bits per heavy atom. The first-order chi connectivity index (χ1) is 14.1. The average molecular weight is 456 g/mol. The Morgan fingerprint density at radius 1 is 1.21 bits per heavy atom. The number of halogens is 1. The molecule has 0 unspecified atom stereocenters. The summed E-state index contributed by atoms with van der Waals surface area (Å²) < 4.78 is 17.3. The number of hydrogen-bond donors (Lipinski definition) is 1. The lowest BCUT2D eigenvalue weighted by atomic mass is 9.80. The minimum Gasteiger partial charge on any atom is -0.465 e. The van der Waals surface area contributed by atoms with Gasteiger partial charge in [0.1, 0.15) is 11.3 Å². The lowest BCUT2D eigenvalue weighted by molar-refractivity contribution is 0.0600. The summed E-state index contributed by atoms with van der Waals surface area (Å²) in [6.07, 6.45) is 0.674. The van der Waals surface area contributed by atoms with Gasteiger partial charge in [0.2, 0.25) is 0 Å². The third-order valence-corrected chi connectivity index (χ3v) is 6.24. The summed E-state index contributed by atoms with van der Waals surface area (Å²) >= 11 is 3.51. The summed E-state index contributed by atoms with van der Waals surface area (Å²) in [5.74, 6) is -0.214. The lowest BCUT2D eigenvalue weighted by Crippen LogP contribution is -2.32. The number of methoxy groups -OCH3 is 1. The molecule has 2 aromatic carbocycles. The van der Waals surface area contributed by atoms with Crippen LogP contribution in [0.15, 0.2) is 56.1 Å². The molecule has 2 aliphatic rings. The zero-order valence-electron chi connectivity index (χ0n) is 15.6. The number of fused-ring (bicyclic) bond motifs is 5. The molecule has 0 saturated carbocycles. The van der Waals surface area contributed by atoms with E-state index in [4.69, 9.17) is 13.9 Å². The van der Waals surface area contributed by atoms with E-state index in [9.17, 15) is 9.59 Å². The number of rotatable bonds is 2. The van der Waals surface area contributed by atoms with E-state index in [2.05, 4.69) is 21.2 Å². The van der Waals surface area contributed by atoms with Crippen molar-refractivity contribution in [2.24, 2.45) is 5.92 Å². The predicted octanol–water partition coefficient (Wildman–Crippen LogP) is 4.59. The molecule has 5 rings (SSSR count). The highest BCUT2D eigenvalue weighted by Gasteiger charge is 2.43. The van der Waals surface area contributed by atoms with Crippen molar-refractivity contribution in [3.63, 3.8) is 0 Å². The molecule has 3 heterocycles. The molecule has 0 radical (unpaired) electrons. The van der Waals surface area contributed by atoms with E-state index in [0.29, 0.717) is 23.4 Å². The first kappa shape index (κ1) is 18.4. The second-order valence-electron chi connectivity index (χ2n) is 7.30. The van der Waals surface area contributed by atoms with Crippen LogP contribution in [0.4, 0.5) is 5.69 Å². The minimum absolute atomic E-state index is 0.116. The van der Waals surface area contributed by atoms with Gasteiger partial charge in [-0.25, -0.2) is 9.59 Å². The number of esters is 1. The van der Waals surface area contributed by atoms with Gasteiger partial charge in [0.15, 0.2) is 0 Å². The van der Waals surface area contributed by atoms with Crippen molar-refractivity contribution in [3.8, 4) is 0 Å². The summed E-state index contributed by atoms with van der Waals surface area (Å²) in [5.41, 5.74) is 2.93. The SMILES string of the molecule is COC(=O)c1ccc([C@H]2Nc3c(c4cc(Br)ccc4oc3=O)[C@H]3OCC[C@@H]23)cc1. The monoisotopic (exact) mass is 455 g/mol. The maximum absolute atomic E-state index is 12.8. The molecule has 1 N–H and O–H groups in total. The first-order valence-electron chi connectivity index (χ1n) is 9.39. The lowest BCUT2D eigenvalue weighted by Gasteiger charge is -2.36. The highest BCUT2D eigenvalue weighted by Crippen LogP contribution is 2.51. The second kappa shape index (κ2) is 7.00. The van der Waals surface area contributed by atoms with Crippen LogP contribution in [-0.2, 0) is 9.47 Å². The molecular weight excluding hydrogens is 438 g/mol. The summed E-state index contributed by atoms with van der Waals surface area (Å²) in [4.78, 5) is 24.5. The van der Waals surface area contributed by atoms with E-state index in [0.717, 1.165) is 27.4 Å². The largest absolute Gasteiger partial charge is 0.465 e. The van der Waals surface area contributed by atoms with E-state index in [1.165, 1.54) is 7.11 Å². The van der Waals surface area contributed by atoms with Crippen LogP contribution in [0.25, 0.3) is 11.0 Å². The molecule has 0 amide bonds. The fraction of sp³-hybridized carbons (Fsp3) is 0.273. The first-order valence-corrected chi connectivity index (χ1v) is 10.2. The molecule has 1 saturated heterocycles. The number of anilines is 1. The maximum atomic E-state index is 12.8. The van der Waals surface area contributed by atoms with Crippen molar-refractivity contribution in [1.82, 2.24) is 0 Å². The van der Waals surface area contributed by atoms with Gasteiger partial charge in [0.05, 0.1) is 24.8 Å². The van der Waals surface area contributed by atoms with Gasteiger partial charge >= 0.3 is 11.6 Å². The Labute approximate surface area is 174 Å². The van der Waals surface area contributed by atoms with Crippen LogP contribution in [-0.4, -0.2) is 19.7 Å². The number of nitrogens with one attached hydrogen (secondary N) is 1. The van der Waals surface area contributed by atoms with E-state index < -0.39 is 5.63 Å². The van der Waals surface area contributed by atoms with Gasteiger partial charge in [0, 0.05) is 27.9 Å². The Morgan fingerprint density at radius 2 is 2.00 bits per heavy atom. The summed E-state index contributed by atoms with van der Waals surface area (Å²) in [6.45, 7) is 0.628. The molecule has 0 bridgehead atoms. The zero-order valence-corrected chi connectivity index (χ0v) is 17.2. The Balaban J connectivity index is 1.63. The average Bonchev–Trinajstić information content (AvgIpc) is 3.23. The van der Waals surface area contributed by atoms with Crippen LogP contribution in [0.3, 0.4) is 0 Å². The highest BCUT2D eigenvalue weighted by molar-refractivity contribution is 9.10. The summed E-state index contributed by atoms with van der Waals surface area (Å²) in [7, 11) is 1.36. The summed E-state index contributed by atoms with van der Waals surface area (Å²) in [6, 6.07) is 12.8. The van der Waals surface area contributed by atoms with E-state index in [1.54, 1.807) is 18.2 Å². The third kappa shape index (κ3) is 2.96. The fourth-order valence-corrected chi connectivity index (χ4v) is 4.77. The van der Waals surface area contributed by atoms with Gasteiger partial charge in [-0.3, -0.25) is 0 Å². The Kier molecular flexibility index (Phi) is 4.44. The molecule has 2 aliphatic heterocycles. The third-order valence-electron chi connectivity index (χ3n) is 5.75. The van der Waals surface area contributed by atoms with Crippen molar-refractivity contribution in [1.29, 1.82) is 0 Å². The molecule has 1 fully saturated rings. The van der Waals surface area contributed by atoms with Crippen molar-refractivity contribution in [3.05, 3.63) is 74.0 Å². The van der Waals surface area contributed by atoms with Crippen LogP contribution in [0, 0.1) is 5.92 Å². The zero-order chi connectivity index (χ0) is 20.1.